The van der Waals surface area contributed by atoms with Crippen molar-refractivity contribution in [2.24, 2.45) is 5.92 Å². The van der Waals surface area contributed by atoms with Gasteiger partial charge in [0.2, 0.25) is 0 Å². The predicted molar refractivity (Wildman–Crippen MR) is 200 cm³/mol. The van der Waals surface area contributed by atoms with Crippen molar-refractivity contribution in [3.8, 4) is 0 Å². The Morgan fingerprint density at radius 1 is 0.844 bits per heavy atom. The van der Waals surface area contributed by atoms with E-state index in [-0.39, 0.29) is 22.3 Å². The van der Waals surface area contributed by atoms with E-state index in [1.807, 2.05) is 0 Å². The maximum atomic E-state index is 3.86. The molecule has 3 aromatic carbocycles. The molecule has 0 radical (unpaired) electrons. The summed E-state index contributed by atoms with van der Waals surface area (Å²) in [4.78, 5) is 2.63. The molecule has 0 saturated carbocycles. The minimum atomic E-state index is 0.180. The fourth-order valence-corrected chi connectivity index (χ4v) is 7.16. The van der Waals surface area contributed by atoms with E-state index in [0.717, 1.165) is 12.8 Å². The number of hydrogen-bond acceptors (Lipinski definition) is 2. The van der Waals surface area contributed by atoms with Crippen molar-refractivity contribution >= 4 is 17.1 Å². The first-order chi connectivity index (χ1) is 20.9. The Balaban J connectivity index is 1.64. The number of rotatable bonds is 10. The third kappa shape index (κ3) is 8.05. The highest BCUT2D eigenvalue weighted by atomic mass is 15.2. The second kappa shape index (κ2) is 13.4. The average Bonchev–Trinajstić information content (AvgIpc) is 2.96. The standard InChI is InChI=1S/C43H62N2/c1-14-40(29(2)3)45(36-21-22-38-39(28-36)43(12,13)24-23-42(38,10)11)37-26-30(4)25-35(27-37)44-32(6)31(5)15-16-33-17-19-34(20-18-33)41(7,8)9/h15,17-22,25-29,32,40,44H,14,16,23-24H2,1-13H3/b31-15-/t32-,40?/m1/s1. The first-order valence-electron chi connectivity index (χ1n) is 17.5. The summed E-state index contributed by atoms with van der Waals surface area (Å²) in [5, 5.41) is 3.86. The Hall–Kier alpha value is -3.00. The van der Waals surface area contributed by atoms with Gasteiger partial charge in [0.05, 0.1) is 0 Å². The maximum absolute atomic E-state index is 3.86. The number of nitrogens with zero attached hydrogens (tertiary/aromatic N) is 1. The van der Waals surface area contributed by atoms with Crippen LogP contribution >= 0.6 is 0 Å². The van der Waals surface area contributed by atoms with Gasteiger partial charge in [0, 0.05) is 29.1 Å². The van der Waals surface area contributed by atoms with Crippen LogP contribution in [0.2, 0.25) is 0 Å². The van der Waals surface area contributed by atoms with Gasteiger partial charge in [-0.3, -0.25) is 0 Å². The fraction of sp³-hybridized carbons (Fsp3) is 0.535. The summed E-state index contributed by atoms with van der Waals surface area (Å²) in [7, 11) is 0. The van der Waals surface area contributed by atoms with Gasteiger partial charge in [-0.25, -0.2) is 0 Å². The Bertz CT molecular complexity index is 1480. The summed E-state index contributed by atoms with van der Waals surface area (Å²) in [5.74, 6) is 0.522. The lowest BCUT2D eigenvalue weighted by molar-refractivity contribution is 0.332. The molecule has 2 heteroatoms. The summed E-state index contributed by atoms with van der Waals surface area (Å²) >= 11 is 0. The number of nitrogens with one attached hydrogen (secondary N) is 1. The highest BCUT2D eigenvalue weighted by molar-refractivity contribution is 5.71. The van der Waals surface area contributed by atoms with Crippen LogP contribution in [0.3, 0.4) is 0 Å². The van der Waals surface area contributed by atoms with Gasteiger partial charge in [-0.05, 0) is 127 Å². The first-order valence-corrected chi connectivity index (χ1v) is 17.5. The van der Waals surface area contributed by atoms with Crippen molar-refractivity contribution in [3.63, 3.8) is 0 Å². The molecule has 1 N–H and O–H groups in total. The molecular weight excluding hydrogens is 544 g/mol. The third-order valence-corrected chi connectivity index (χ3v) is 10.5. The van der Waals surface area contributed by atoms with Crippen LogP contribution in [0.5, 0.6) is 0 Å². The molecule has 0 fully saturated rings. The summed E-state index contributed by atoms with van der Waals surface area (Å²) < 4.78 is 0. The topological polar surface area (TPSA) is 15.3 Å². The van der Waals surface area contributed by atoms with Crippen LogP contribution in [0, 0.1) is 12.8 Å². The smallest absolute Gasteiger partial charge is 0.0442 e. The molecule has 0 amide bonds. The van der Waals surface area contributed by atoms with E-state index in [1.54, 1.807) is 0 Å². The SMILES string of the molecule is CCC(C(C)C)N(c1cc(C)cc(N[C@H](C)/C(C)=C\Cc2ccc(C(C)(C)C)cc2)c1)c1ccc2c(c1)C(C)(C)CCC2(C)C. The van der Waals surface area contributed by atoms with E-state index >= 15 is 0 Å². The Morgan fingerprint density at radius 2 is 1.47 bits per heavy atom. The number of hydrogen-bond donors (Lipinski definition) is 1. The predicted octanol–water partition coefficient (Wildman–Crippen LogP) is 12.2. The van der Waals surface area contributed by atoms with Gasteiger partial charge in [-0.15, -0.1) is 0 Å². The zero-order valence-electron chi connectivity index (χ0n) is 30.9. The van der Waals surface area contributed by atoms with Gasteiger partial charge >= 0.3 is 0 Å². The fourth-order valence-electron chi connectivity index (χ4n) is 7.16. The maximum Gasteiger partial charge on any atom is 0.0442 e. The summed E-state index contributed by atoms with van der Waals surface area (Å²) in [5.41, 5.74) is 12.8. The molecule has 0 aliphatic heterocycles. The van der Waals surface area contributed by atoms with Gasteiger partial charge in [0.15, 0.2) is 0 Å². The van der Waals surface area contributed by atoms with E-state index in [1.165, 1.54) is 63.3 Å². The van der Waals surface area contributed by atoms with Crippen molar-refractivity contribution in [1.29, 1.82) is 0 Å². The molecule has 3 aromatic rings. The minimum absolute atomic E-state index is 0.180. The van der Waals surface area contributed by atoms with Crippen LogP contribution in [0.4, 0.5) is 17.1 Å². The van der Waals surface area contributed by atoms with E-state index < -0.39 is 0 Å². The Kier molecular flexibility index (Phi) is 10.4. The second-order valence-corrected chi connectivity index (χ2v) is 16.6. The molecule has 0 saturated heterocycles. The van der Waals surface area contributed by atoms with Crippen LogP contribution in [0.25, 0.3) is 0 Å². The van der Waals surface area contributed by atoms with Gasteiger partial charge in [0.25, 0.3) is 0 Å². The van der Waals surface area contributed by atoms with Crippen molar-refractivity contribution in [1.82, 2.24) is 0 Å². The Morgan fingerprint density at radius 3 is 2.04 bits per heavy atom. The van der Waals surface area contributed by atoms with Gasteiger partial charge in [0.1, 0.15) is 0 Å². The molecule has 2 nitrogen and oxygen atoms in total. The number of aryl methyl sites for hydroxylation is 1. The lowest BCUT2D eigenvalue weighted by Gasteiger charge is -2.43. The lowest BCUT2D eigenvalue weighted by atomic mass is 9.63. The number of benzene rings is 3. The molecule has 1 aliphatic rings. The highest BCUT2D eigenvalue weighted by Crippen LogP contribution is 2.48. The first kappa shape index (κ1) is 34.9. The largest absolute Gasteiger partial charge is 0.379 e. The van der Waals surface area contributed by atoms with Crippen LogP contribution < -0.4 is 10.2 Å². The highest BCUT2D eigenvalue weighted by Gasteiger charge is 2.37. The molecule has 0 bridgehead atoms. The van der Waals surface area contributed by atoms with Crippen LogP contribution in [-0.4, -0.2) is 12.1 Å². The molecule has 2 atom stereocenters. The quantitative estimate of drug-likeness (QED) is 0.231. The van der Waals surface area contributed by atoms with Gasteiger partial charge in [-0.1, -0.05) is 111 Å². The summed E-state index contributed by atoms with van der Waals surface area (Å²) in [6, 6.07) is 24.2. The second-order valence-electron chi connectivity index (χ2n) is 16.6. The van der Waals surface area contributed by atoms with E-state index in [9.17, 15) is 0 Å². The summed E-state index contributed by atoms with van der Waals surface area (Å²) in [6.07, 6.45) is 6.89. The van der Waals surface area contributed by atoms with Crippen molar-refractivity contribution in [2.45, 2.75) is 144 Å². The van der Waals surface area contributed by atoms with Gasteiger partial charge < -0.3 is 10.2 Å². The molecule has 1 aliphatic carbocycles. The van der Waals surface area contributed by atoms with E-state index in [0.29, 0.717) is 12.0 Å². The molecule has 45 heavy (non-hydrogen) atoms. The van der Waals surface area contributed by atoms with E-state index in [2.05, 4.69) is 167 Å². The van der Waals surface area contributed by atoms with Crippen LogP contribution in [0.1, 0.15) is 130 Å². The van der Waals surface area contributed by atoms with E-state index in [4.69, 9.17) is 0 Å². The number of allylic oxidation sites excluding steroid dienone is 1. The molecule has 244 valence electrons. The molecule has 0 aromatic heterocycles. The van der Waals surface area contributed by atoms with Crippen LogP contribution in [-0.2, 0) is 22.7 Å². The minimum Gasteiger partial charge on any atom is -0.379 e. The number of fused-ring (bicyclic) bond motifs is 1. The summed E-state index contributed by atoms with van der Waals surface area (Å²) in [6.45, 7) is 30.4. The van der Waals surface area contributed by atoms with Crippen molar-refractivity contribution in [3.05, 3.63) is 100 Å². The van der Waals surface area contributed by atoms with Gasteiger partial charge in [-0.2, -0.15) is 0 Å². The third-order valence-electron chi connectivity index (χ3n) is 10.5. The molecule has 4 rings (SSSR count). The molecule has 0 spiro atoms. The van der Waals surface area contributed by atoms with Crippen molar-refractivity contribution in [2.75, 3.05) is 10.2 Å². The molecule has 1 unspecified atom stereocenters. The Labute approximate surface area is 276 Å². The zero-order valence-corrected chi connectivity index (χ0v) is 30.9. The normalized spacial score (nSPS) is 17.5. The molecule has 0 heterocycles. The molecular formula is C43H62N2. The lowest BCUT2D eigenvalue weighted by Crippen LogP contribution is -2.37. The average molecular weight is 607 g/mol. The number of anilines is 3. The van der Waals surface area contributed by atoms with Crippen molar-refractivity contribution < 1.29 is 0 Å². The zero-order chi connectivity index (χ0) is 33.3. The van der Waals surface area contributed by atoms with Crippen LogP contribution in [0.15, 0.2) is 72.3 Å². The monoisotopic (exact) mass is 606 g/mol.